The fraction of sp³-hybridized carbons (Fsp3) is 0. The number of benzene rings is 9. The lowest BCUT2D eigenvalue weighted by Gasteiger charge is -2.14. The van der Waals surface area contributed by atoms with Crippen molar-refractivity contribution in [3.05, 3.63) is 218 Å². The van der Waals surface area contributed by atoms with Gasteiger partial charge < -0.3 is 8.98 Å². The first-order valence-electron chi connectivity index (χ1n) is 20.8. The Balaban J connectivity index is 1.08. The van der Waals surface area contributed by atoms with Gasteiger partial charge in [-0.05, 0) is 88.0 Å². The first-order chi connectivity index (χ1) is 30.7. The number of furan rings is 1. The molecule has 3 heterocycles. The molecule has 0 fully saturated rings. The molecule has 5 heteroatoms. The van der Waals surface area contributed by atoms with Gasteiger partial charge in [-0.1, -0.05) is 164 Å². The molecular formula is C57H36N4O. The summed E-state index contributed by atoms with van der Waals surface area (Å²) in [5, 5.41) is 4.55. The van der Waals surface area contributed by atoms with Crippen LogP contribution in [0.2, 0.25) is 0 Å². The Morgan fingerprint density at radius 2 is 0.871 bits per heavy atom. The van der Waals surface area contributed by atoms with Gasteiger partial charge in [0.2, 0.25) is 0 Å². The maximum absolute atomic E-state index is 6.80. The molecule has 0 aliphatic heterocycles. The number of rotatable bonds is 7. The van der Waals surface area contributed by atoms with E-state index < -0.39 is 0 Å². The first kappa shape index (κ1) is 35.5. The minimum atomic E-state index is 0.590. The Hall–Kier alpha value is -8.41. The van der Waals surface area contributed by atoms with Gasteiger partial charge in [-0.3, -0.25) is 0 Å². The van der Waals surface area contributed by atoms with E-state index in [1.807, 2.05) is 66.7 Å². The van der Waals surface area contributed by atoms with Crippen LogP contribution in [0.3, 0.4) is 0 Å². The highest BCUT2D eigenvalue weighted by Gasteiger charge is 2.21. The van der Waals surface area contributed by atoms with E-state index in [0.717, 1.165) is 83.2 Å². The van der Waals surface area contributed by atoms with Crippen LogP contribution in [0.5, 0.6) is 0 Å². The summed E-state index contributed by atoms with van der Waals surface area (Å²) in [5.74, 6) is 1.82. The van der Waals surface area contributed by atoms with Gasteiger partial charge in [0, 0.05) is 38.5 Å². The van der Waals surface area contributed by atoms with Crippen LogP contribution in [0.1, 0.15) is 0 Å². The summed E-state index contributed by atoms with van der Waals surface area (Å²) in [7, 11) is 0. The van der Waals surface area contributed by atoms with Gasteiger partial charge in [0.25, 0.3) is 0 Å². The van der Waals surface area contributed by atoms with E-state index in [1.165, 1.54) is 16.3 Å². The van der Waals surface area contributed by atoms with Crippen LogP contribution >= 0.6 is 0 Å². The molecule has 0 N–H and O–H groups in total. The van der Waals surface area contributed by atoms with Crippen molar-refractivity contribution in [1.29, 1.82) is 0 Å². The molecule has 3 aromatic heterocycles. The van der Waals surface area contributed by atoms with Crippen LogP contribution in [-0.2, 0) is 0 Å². The molecule has 0 bridgehead atoms. The molecule has 12 aromatic rings. The third-order valence-corrected chi connectivity index (χ3v) is 11.9. The summed E-state index contributed by atoms with van der Waals surface area (Å²) in [6.45, 7) is 0. The minimum Gasteiger partial charge on any atom is -0.456 e. The zero-order valence-electron chi connectivity index (χ0n) is 33.5. The highest BCUT2D eigenvalue weighted by atomic mass is 16.3. The molecule has 0 atom stereocenters. The second-order valence-electron chi connectivity index (χ2n) is 15.6. The fourth-order valence-corrected chi connectivity index (χ4v) is 8.93. The van der Waals surface area contributed by atoms with E-state index in [4.69, 9.17) is 19.4 Å². The molecule has 0 aliphatic rings. The Bertz CT molecular complexity index is 3560. The highest BCUT2D eigenvalue weighted by molar-refractivity contribution is 6.24. The maximum Gasteiger partial charge on any atom is 0.164 e. The third kappa shape index (κ3) is 6.06. The van der Waals surface area contributed by atoms with Crippen LogP contribution in [0, 0.1) is 0 Å². The van der Waals surface area contributed by atoms with Crippen molar-refractivity contribution in [2.45, 2.75) is 0 Å². The molecule has 12 rings (SSSR count). The number of para-hydroxylation sites is 2. The van der Waals surface area contributed by atoms with Gasteiger partial charge in [0.15, 0.2) is 17.5 Å². The molecule has 0 saturated heterocycles. The van der Waals surface area contributed by atoms with Crippen molar-refractivity contribution in [1.82, 2.24) is 19.5 Å². The van der Waals surface area contributed by atoms with Crippen LogP contribution in [-0.4, -0.2) is 19.5 Å². The van der Waals surface area contributed by atoms with Crippen molar-refractivity contribution in [3.8, 4) is 73.2 Å². The molecule has 0 saturated carbocycles. The van der Waals surface area contributed by atoms with Crippen molar-refractivity contribution in [2.75, 3.05) is 0 Å². The lowest BCUT2D eigenvalue weighted by molar-refractivity contribution is 0.669. The first-order valence-corrected chi connectivity index (χ1v) is 20.8. The monoisotopic (exact) mass is 792 g/mol. The number of aromatic nitrogens is 4. The van der Waals surface area contributed by atoms with Crippen molar-refractivity contribution in [3.63, 3.8) is 0 Å². The van der Waals surface area contributed by atoms with E-state index in [0.29, 0.717) is 17.5 Å². The molecule has 0 aliphatic carbocycles. The van der Waals surface area contributed by atoms with Gasteiger partial charge in [-0.15, -0.1) is 0 Å². The Labute approximate surface area is 357 Å². The predicted octanol–water partition coefficient (Wildman–Crippen LogP) is 14.9. The molecule has 0 amide bonds. The van der Waals surface area contributed by atoms with Crippen LogP contribution in [0.25, 0.3) is 117 Å². The molecule has 5 nitrogen and oxygen atoms in total. The van der Waals surface area contributed by atoms with E-state index in [2.05, 4.69) is 156 Å². The van der Waals surface area contributed by atoms with Crippen LogP contribution in [0.15, 0.2) is 223 Å². The average molecular weight is 793 g/mol. The third-order valence-electron chi connectivity index (χ3n) is 11.9. The topological polar surface area (TPSA) is 56.7 Å². The van der Waals surface area contributed by atoms with E-state index >= 15 is 0 Å². The lowest BCUT2D eigenvalue weighted by atomic mass is 9.92. The normalized spacial score (nSPS) is 11.5. The van der Waals surface area contributed by atoms with Crippen molar-refractivity contribution in [2.24, 2.45) is 0 Å². The van der Waals surface area contributed by atoms with Crippen LogP contribution < -0.4 is 0 Å². The lowest BCUT2D eigenvalue weighted by Crippen LogP contribution is -2.01. The number of fused-ring (bicyclic) bond motifs is 7. The zero-order chi connectivity index (χ0) is 41.0. The quantitative estimate of drug-likeness (QED) is 0.161. The van der Waals surface area contributed by atoms with Gasteiger partial charge in [-0.2, -0.15) is 0 Å². The summed E-state index contributed by atoms with van der Waals surface area (Å²) in [6.07, 6.45) is 0. The van der Waals surface area contributed by atoms with E-state index in [1.54, 1.807) is 0 Å². The molecule has 9 aromatic carbocycles. The zero-order valence-corrected chi connectivity index (χ0v) is 33.5. The minimum absolute atomic E-state index is 0.590. The molecular weight excluding hydrogens is 757 g/mol. The SMILES string of the molecule is c1ccc(-c2cccc(-c3ccc(-c4ccc5c(c4)oc4ccc6c7ccccc7n(-c7ccccc7)c6c45)c(-c4nc(-c5ccccc5)nc(-c5ccccc5)n4)c3)c2)cc1. The van der Waals surface area contributed by atoms with Crippen molar-refractivity contribution >= 4 is 43.7 Å². The standard InChI is InChI=1S/C57H36N4O/c1-5-16-37(17-6-1)40-22-15-23-41(34-40)42-28-30-45(49(35-42)57-59-55(38-18-7-2-8-19-38)58-56(60-57)39-20-9-3-10-21-39)43-29-31-48-52(36-43)62-51-33-32-47-46-26-13-14-27-50(46)61(54(47)53(48)51)44-24-11-4-12-25-44/h1-36H. The van der Waals surface area contributed by atoms with Crippen LogP contribution in [0.4, 0.5) is 0 Å². The smallest absolute Gasteiger partial charge is 0.164 e. The molecule has 0 unspecified atom stereocenters. The molecule has 62 heavy (non-hydrogen) atoms. The Morgan fingerprint density at radius 3 is 1.58 bits per heavy atom. The molecule has 0 spiro atoms. The van der Waals surface area contributed by atoms with Gasteiger partial charge in [0.05, 0.1) is 16.4 Å². The number of nitrogens with zero attached hydrogens (tertiary/aromatic N) is 4. The Kier molecular flexibility index (Phi) is 8.42. The number of hydrogen-bond acceptors (Lipinski definition) is 4. The van der Waals surface area contributed by atoms with Gasteiger partial charge in [-0.25, -0.2) is 15.0 Å². The summed E-state index contributed by atoms with van der Waals surface area (Å²) >= 11 is 0. The fourth-order valence-electron chi connectivity index (χ4n) is 8.93. The summed E-state index contributed by atoms with van der Waals surface area (Å²) in [4.78, 5) is 15.5. The Morgan fingerprint density at radius 1 is 0.323 bits per heavy atom. The van der Waals surface area contributed by atoms with Gasteiger partial charge in [0.1, 0.15) is 11.2 Å². The highest BCUT2D eigenvalue weighted by Crippen LogP contribution is 2.43. The van der Waals surface area contributed by atoms with E-state index in [-0.39, 0.29) is 0 Å². The summed E-state index contributed by atoms with van der Waals surface area (Å²) in [5.41, 5.74) is 14.3. The maximum atomic E-state index is 6.80. The van der Waals surface area contributed by atoms with Crippen molar-refractivity contribution < 1.29 is 4.42 Å². The molecule has 0 radical (unpaired) electrons. The molecule has 290 valence electrons. The second kappa shape index (κ2) is 14.7. The van der Waals surface area contributed by atoms with E-state index in [9.17, 15) is 0 Å². The second-order valence-corrected chi connectivity index (χ2v) is 15.6. The average Bonchev–Trinajstić information content (AvgIpc) is 3.90. The summed E-state index contributed by atoms with van der Waals surface area (Å²) < 4.78 is 9.17. The number of hydrogen-bond donors (Lipinski definition) is 0. The summed E-state index contributed by atoms with van der Waals surface area (Å²) in [6, 6.07) is 76.2. The predicted molar refractivity (Wildman–Crippen MR) is 254 cm³/mol. The largest absolute Gasteiger partial charge is 0.456 e. The van der Waals surface area contributed by atoms with Gasteiger partial charge >= 0.3 is 0 Å².